The van der Waals surface area contributed by atoms with Gasteiger partial charge in [-0.1, -0.05) is 0 Å². The van der Waals surface area contributed by atoms with Gasteiger partial charge in [-0.05, 0) is 45.1 Å². The van der Waals surface area contributed by atoms with Crippen molar-refractivity contribution in [2.75, 3.05) is 25.0 Å². The highest BCUT2D eigenvalue weighted by atomic mass is 32.1. The van der Waals surface area contributed by atoms with Gasteiger partial charge < -0.3 is 10.6 Å². The Bertz CT molecular complexity index is 1500. The van der Waals surface area contributed by atoms with Crippen molar-refractivity contribution in [1.29, 1.82) is 0 Å². The van der Waals surface area contributed by atoms with Gasteiger partial charge in [0.15, 0.2) is 0 Å². The first-order valence-corrected chi connectivity index (χ1v) is 13.5. The van der Waals surface area contributed by atoms with Crippen molar-refractivity contribution in [2.24, 2.45) is 13.0 Å². The van der Waals surface area contributed by atoms with Crippen molar-refractivity contribution >= 4 is 33.7 Å². The fourth-order valence-electron chi connectivity index (χ4n) is 5.60. The van der Waals surface area contributed by atoms with E-state index >= 15 is 0 Å². The van der Waals surface area contributed by atoms with E-state index in [0.717, 1.165) is 40.0 Å². The number of nitrogens with one attached hydrogen (secondary N) is 2. The molecule has 10 nitrogen and oxygen atoms in total. The SMILES string of the molecule is Cc1ncc(C(=O)NCCN2CC3CCC2C3)cc1NC(=O)c1cnn2cc(-c3cn(C)nc3C)sc12. The maximum atomic E-state index is 13.2. The van der Waals surface area contributed by atoms with E-state index in [0.29, 0.717) is 35.1 Å². The average Bonchev–Trinajstić information content (AvgIpc) is 3.67. The van der Waals surface area contributed by atoms with Crippen molar-refractivity contribution in [3.8, 4) is 10.4 Å². The van der Waals surface area contributed by atoms with E-state index in [-0.39, 0.29) is 11.8 Å². The number of thiazole rings is 1. The molecule has 5 heterocycles. The summed E-state index contributed by atoms with van der Waals surface area (Å²) in [5.74, 6) is 0.360. The Morgan fingerprint density at radius 1 is 1.14 bits per heavy atom. The number of piperidine rings is 1. The molecule has 2 bridgehead atoms. The quantitative estimate of drug-likeness (QED) is 0.389. The zero-order valence-corrected chi connectivity index (χ0v) is 22.0. The molecule has 4 aromatic rings. The normalized spacial score (nSPS) is 19.1. The van der Waals surface area contributed by atoms with E-state index in [2.05, 4.69) is 30.7 Å². The molecule has 2 unspecified atom stereocenters. The maximum Gasteiger partial charge on any atom is 0.260 e. The molecule has 0 radical (unpaired) electrons. The zero-order chi connectivity index (χ0) is 25.7. The predicted octanol–water partition coefficient (Wildman–Crippen LogP) is 3.27. The second kappa shape index (κ2) is 9.38. The van der Waals surface area contributed by atoms with Gasteiger partial charge in [-0.3, -0.25) is 24.2 Å². The van der Waals surface area contributed by atoms with Crippen molar-refractivity contribution in [2.45, 2.75) is 39.2 Å². The summed E-state index contributed by atoms with van der Waals surface area (Å²) in [5.41, 5.74) is 3.97. The number of rotatable bonds is 7. The number of pyridine rings is 1. The number of carbonyl (C=O) groups excluding carboxylic acids is 2. The largest absolute Gasteiger partial charge is 0.351 e. The molecule has 192 valence electrons. The molecular formula is C26H30N8O2S. The first kappa shape index (κ1) is 23.8. The van der Waals surface area contributed by atoms with Gasteiger partial charge in [0, 0.05) is 56.9 Å². The van der Waals surface area contributed by atoms with Crippen molar-refractivity contribution < 1.29 is 9.59 Å². The zero-order valence-electron chi connectivity index (χ0n) is 21.2. The van der Waals surface area contributed by atoms with Crippen LogP contribution in [0.25, 0.3) is 15.3 Å². The molecule has 37 heavy (non-hydrogen) atoms. The van der Waals surface area contributed by atoms with Gasteiger partial charge in [0.1, 0.15) is 4.83 Å². The van der Waals surface area contributed by atoms with Gasteiger partial charge in [0.25, 0.3) is 11.8 Å². The summed E-state index contributed by atoms with van der Waals surface area (Å²) in [5, 5.41) is 14.7. The fourth-order valence-corrected chi connectivity index (χ4v) is 6.72. The molecule has 1 saturated heterocycles. The van der Waals surface area contributed by atoms with Gasteiger partial charge in [-0.15, -0.1) is 11.3 Å². The molecule has 11 heteroatoms. The summed E-state index contributed by atoms with van der Waals surface area (Å²) in [6.07, 6.45) is 10.9. The molecule has 1 aliphatic carbocycles. The smallest absolute Gasteiger partial charge is 0.260 e. The van der Waals surface area contributed by atoms with Crippen LogP contribution in [0.1, 0.15) is 51.4 Å². The van der Waals surface area contributed by atoms with E-state index < -0.39 is 0 Å². The van der Waals surface area contributed by atoms with Crippen molar-refractivity contribution in [1.82, 2.24) is 34.6 Å². The Morgan fingerprint density at radius 2 is 2.00 bits per heavy atom. The topological polar surface area (TPSA) is 109 Å². The Morgan fingerprint density at radius 3 is 2.73 bits per heavy atom. The fraction of sp³-hybridized carbons (Fsp3) is 0.423. The lowest BCUT2D eigenvalue weighted by Crippen LogP contribution is -2.39. The number of hydrogen-bond acceptors (Lipinski definition) is 7. The summed E-state index contributed by atoms with van der Waals surface area (Å²) in [6.45, 7) is 6.39. The van der Waals surface area contributed by atoms with Crippen LogP contribution >= 0.6 is 11.3 Å². The highest BCUT2D eigenvalue weighted by Crippen LogP contribution is 2.37. The number of aryl methyl sites for hydroxylation is 3. The lowest BCUT2D eigenvalue weighted by molar-refractivity contribution is 0.0943. The first-order chi connectivity index (χ1) is 17.9. The average molecular weight is 519 g/mol. The molecule has 2 fully saturated rings. The van der Waals surface area contributed by atoms with Crippen LogP contribution in [-0.2, 0) is 7.05 Å². The molecule has 2 aliphatic rings. The number of fused-ring (bicyclic) bond motifs is 3. The summed E-state index contributed by atoms with van der Waals surface area (Å²) >= 11 is 1.49. The Balaban J connectivity index is 1.14. The van der Waals surface area contributed by atoms with Gasteiger partial charge >= 0.3 is 0 Å². The minimum absolute atomic E-state index is 0.185. The van der Waals surface area contributed by atoms with Crippen LogP contribution in [0.5, 0.6) is 0 Å². The summed E-state index contributed by atoms with van der Waals surface area (Å²) in [4.78, 5) is 34.6. The standard InChI is InChI=1S/C26H30N8O2S/c1-15-21(13-32(3)31-15)23-14-34-26(37-23)20(11-29-34)25(36)30-22-9-18(10-28-16(22)2)24(35)27-6-7-33-12-17-4-5-19(33)8-17/h9-11,13-14,17,19H,4-8,12H2,1-3H3,(H,27,35)(H,30,36). The Labute approximate surface area is 218 Å². The number of aromatic nitrogens is 5. The van der Waals surface area contributed by atoms with Gasteiger partial charge in [-0.2, -0.15) is 10.2 Å². The Hall–Kier alpha value is -3.57. The number of carbonyl (C=O) groups is 2. The molecular weight excluding hydrogens is 488 g/mol. The number of anilines is 1. The third kappa shape index (κ3) is 4.53. The summed E-state index contributed by atoms with van der Waals surface area (Å²) < 4.78 is 3.48. The highest BCUT2D eigenvalue weighted by Gasteiger charge is 2.37. The van der Waals surface area contributed by atoms with Crippen LogP contribution in [0.4, 0.5) is 5.69 Å². The van der Waals surface area contributed by atoms with E-state index in [1.807, 2.05) is 33.3 Å². The van der Waals surface area contributed by atoms with Crippen LogP contribution < -0.4 is 10.6 Å². The van der Waals surface area contributed by atoms with E-state index in [1.165, 1.54) is 30.6 Å². The third-order valence-corrected chi connectivity index (χ3v) is 8.67. The number of likely N-dealkylation sites (tertiary alicyclic amines) is 1. The number of amides is 2. The summed E-state index contributed by atoms with van der Waals surface area (Å²) in [6, 6.07) is 2.38. The number of hydrogen-bond donors (Lipinski definition) is 2. The molecule has 2 amide bonds. The van der Waals surface area contributed by atoms with Gasteiger partial charge in [0.05, 0.1) is 39.3 Å². The monoisotopic (exact) mass is 518 g/mol. The van der Waals surface area contributed by atoms with Crippen LogP contribution in [0.2, 0.25) is 0 Å². The molecule has 4 aromatic heterocycles. The van der Waals surface area contributed by atoms with E-state index in [1.54, 1.807) is 27.7 Å². The highest BCUT2D eigenvalue weighted by molar-refractivity contribution is 7.21. The van der Waals surface area contributed by atoms with Crippen molar-refractivity contribution in [3.05, 3.63) is 53.4 Å². The lowest BCUT2D eigenvalue weighted by Gasteiger charge is -2.26. The Kier molecular flexibility index (Phi) is 6.04. The molecule has 1 aliphatic heterocycles. The molecule has 6 rings (SSSR count). The van der Waals surface area contributed by atoms with Crippen LogP contribution in [0, 0.1) is 19.8 Å². The minimum Gasteiger partial charge on any atom is -0.351 e. The van der Waals surface area contributed by atoms with E-state index in [9.17, 15) is 9.59 Å². The maximum absolute atomic E-state index is 13.2. The third-order valence-electron chi connectivity index (χ3n) is 7.52. The minimum atomic E-state index is -0.294. The van der Waals surface area contributed by atoms with Crippen molar-refractivity contribution in [3.63, 3.8) is 0 Å². The molecule has 2 N–H and O–H groups in total. The molecule has 1 saturated carbocycles. The van der Waals surface area contributed by atoms with Gasteiger partial charge in [-0.25, -0.2) is 4.52 Å². The van der Waals surface area contributed by atoms with Gasteiger partial charge in [0.2, 0.25) is 0 Å². The second-order valence-corrected chi connectivity index (χ2v) is 11.1. The number of nitrogens with zero attached hydrogens (tertiary/aromatic N) is 6. The summed E-state index contributed by atoms with van der Waals surface area (Å²) in [7, 11) is 1.88. The first-order valence-electron chi connectivity index (χ1n) is 12.6. The van der Waals surface area contributed by atoms with Crippen LogP contribution in [-0.4, -0.2) is 66.8 Å². The second-order valence-electron chi connectivity index (χ2n) is 10.1. The predicted molar refractivity (Wildman–Crippen MR) is 142 cm³/mol. The van der Waals surface area contributed by atoms with E-state index in [4.69, 9.17) is 0 Å². The van der Waals surface area contributed by atoms with Crippen LogP contribution in [0.3, 0.4) is 0 Å². The lowest BCUT2D eigenvalue weighted by atomic mass is 10.1. The van der Waals surface area contributed by atoms with Crippen LogP contribution in [0.15, 0.2) is 30.9 Å². The molecule has 0 aromatic carbocycles. The molecule has 0 spiro atoms. The molecule has 2 atom stereocenters.